The number of hydrogen-bond donors (Lipinski definition) is 4. The topological polar surface area (TPSA) is 115 Å². The van der Waals surface area contributed by atoms with Gasteiger partial charge in [0.25, 0.3) is 0 Å². The largest absolute Gasteiger partial charge is 0.481 e. The van der Waals surface area contributed by atoms with Gasteiger partial charge in [0.15, 0.2) is 0 Å². The van der Waals surface area contributed by atoms with Gasteiger partial charge in [0.1, 0.15) is 0 Å². The molecule has 0 aromatic heterocycles. The number of carbonyl (C=O) groups is 2. The monoisotopic (exact) mass is 318 g/mol. The van der Waals surface area contributed by atoms with Crippen LogP contribution in [0.25, 0.3) is 0 Å². The number of carboxylic acid groups (broad SMARTS) is 2. The van der Waals surface area contributed by atoms with Crippen LogP contribution in [0.1, 0.15) is 77.0 Å². The van der Waals surface area contributed by atoms with Gasteiger partial charge in [-0.05, 0) is 38.5 Å². The first-order valence-corrected chi connectivity index (χ1v) is 8.21. The Morgan fingerprint density at radius 3 is 1.18 bits per heavy atom. The maximum absolute atomic E-state index is 10.1. The van der Waals surface area contributed by atoms with Crippen LogP contribution in [0.2, 0.25) is 0 Å². The third kappa shape index (κ3) is 15.3. The molecule has 0 spiro atoms. The third-order valence-corrected chi connectivity index (χ3v) is 3.70. The minimum Gasteiger partial charge on any atom is -0.481 e. The first kappa shape index (κ1) is 20.9. The standard InChI is InChI=1S/C10H18O4.C6H12O2/c11-9(12)7-5-3-1-2-4-6-8-10(13)14;7-5-1-2-6(8)4-3-5/h1-8H2,(H,11,12)(H,13,14);5-8H,1-4H2. The lowest BCUT2D eigenvalue weighted by molar-refractivity contribution is -0.138. The van der Waals surface area contributed by atoms with Crippen LogP contribution in [-0.4, -0.2) is 44.6 Å². The molecule has 6 nitrogen and oxygen atoms in total. The summed E-state index contributed by atoms with van der Waals surface area (Å²) in [5.74, 6) is -1.48. The molecular formula is C16H30O6. The third-order valence-electron chi connectivity index (χ3n) is 3.70. The van der Waals surface area contributed by atoms with Crippen molar-refractivity contribution in [2.24, 2.45) is 0 Å². The normalized spacial score (nSPS) is 20.8. The molecule has 130 valence electrons. The van der Waals surface area contributed by atoms with Crippen molar-refractivity contribution in [1.82, 2.24) is 0 Å². The van der Waals surface area contributed by atoms with Gasteiger partial charge in [-0.15, -0.1) is 0 Å². The van der Waals surface area contributed by atoms with Crippen LogP contribution in [0.15, 0.2) is 0 Å². The summed E-state index contributed by atoms with van der Waals surface area (Å²) in [6, 6.07) is 0. The Bertz CT molecular complexity index is 267. The Morgan fingerprint density at radius 1 is 0.636 bits per heavy atom. The predicted molar refractivity (Wildman–Crippen MR) is 82.7 cm³/mol. The zero-order valence-corrected chi connectivity index (χ0v) is 13.2. The van der Waals surface area contributed by atoms with Gasteiger partial charge in [0, 0.05) is 12.8 Å². The zero-order chi connectivity index (χ0) is 16.8. The van der Waals surface area contributed by atoms with Gasteiger partial charge < -0.3 is 20.4 Å². The molecule has 4 N–H and O–H groups in total. The van der Waals surface area contributed by atoms with E-state index in [0.29, 0.717) is 0 Å². The molecule has 0 aromatic carbocycles. The van der Waals surface area contributed by atoms with Crippen molar-refractivity contribution in [1.29, 1.82) is 0 Å². The van der Waals surface area contributed by atoms with Gasteiger partial charge in [-0.25, -0.2) is 0 Å². The van der Waals surface area contributed by atoms with Crippen molar-refractivity contribution in [3.63, 3.8) is 0 Å². The lowest BCUT2D eigenvalue weighted by atomic mass is 9.95. The van der Waals surface area contributed by atoms with E-state index >= 15 is 0 Å². The lowest BCUT2D eigenvalue weighted by Gasteiger charge is -2.20. The van der Waals surface area contributed by atoms with Gasteiger partial charge in [-0.1, -0.05) is 25.7 Å². The second-order valence-corrected chi connectivity index (χ2v) is 5.87. The number of aliphatic hydroxyl groups is 2. The molecule has 0 heterocycles. The van der Waals surface area contributed by atoms with Crippen molar-refractivity contribution in [3.8, 4) is 0 Å². The fourth-order valence-electron chi connectivity index (χ4n) is 2.32. The van der Waals surface area contributed by atoms with Gasteiger partial charge >= 0.3 is 11.9 Å². The fourth-order valence-corrected chi connectivity index (χ4v) is 2.32. The number of carboxylic acids is 2. The molecule has 1 fully saturated rings. The van der Waals surface area contributed by atoms with Gasteiger partial charge in [0.05, 0.1) is 12.2 Å². The van der Waals surface area contributed by atoms with E-state index in [0.717, 1.165) is 64.2 Å². The molecule has 0 unspecified atom stereocenters. The first-order valence-electron chi connectivity index (χ1n) is 8.21. The van der Waals surface area contributed by atoms with E-state index in [1.165, 1.54) is 0 Å². The van der Waals surface area contributed by atoms with E-state index in [9.17, 15) is 9.59 Å². The van der Waals surface area contributed by atoms with Gasteiger partial charge in [-0.2, -0.15) is 0 Å². The SMILES string of the molecule is O=C(O)CCCCCCCCC(=O)O.OC1CCC(O)CC1. The molecule has 1 saturated carbocycles. The highest BCUT2D eigenvalue weighted by Crippen LogP contribution is 2.17. The highest BCUT2D eigenvalue weighted by atomic mass is 16.4. The van der Waals surface area contributed by atoms with E-state index in [-0.39, 0.29) is 25.0 Å². The molecule has 0 amide bonds. The lowest BCUT2D eigenvalue weighted by Crippen LogP contribution is -2.21. The number of hydrogen-bond acceptors (Lipinski definition) is 4. The summed E-state index contributed by atoms with van der Waals surface area (Å²) in [5.41, 5.74) is 0. The summed E-state index contributed by atoms with van der Waals surface area (Å²) in [4.78, 5) is 20.3. The van der Waals surface area contributed by atoms with Crippen molar-refractivity contribution < 1.29 is 30.0 Å². The minimum absolute atomic E-state index is 0.140. The Morgan fingerprint density at radius 2 is 0.909 bits per heavy atom. The summed E-state index contributed by atoms with van der Waals surface area (Å²) >= 11 is 0. The maximum Gasteiger partial charge on any atom is 0.303 e. The van der Waals surface area contributed by atoms with Gasteiger partial charge in [0.2, 0.25) is 0 Å². The predicted octanol–water partition coefficient (Wildman–Crippen LogP) is 2.56. The second-order valence-electron chi connectivity index (χ2n) is 5.87. The molecule has 0 aliphatic heterocycles. The quantitative estimate of drug-likeness (QED) is 0.486. The van der Waals surface area contributed by atoms with Crippen LogP contribution in [0.4, 0.5) is 0 Å². The number of aliphatic carboxylic acids is 2. The van der Waals surface area contributed by atoms with Crippen molar-refractivity contribution in [3.05, 3.63) is 0 Å². The van der Waals surface area contributed by atoms with Crippen LogP contribution < -0.4 is 0 Å². The smallest absolute Gasteiger partial charge is 0.303 e. The average Bonchev–Trinajstić information content (AvgIpc) is 2.45. The molecule has 6 heteroatoms. The van der Waals surface area contributed by atoms with Crippen molar-refractivity contribution in [2.75, 3.05) is 0 Å². The molecule has 1 rings (SSSR count). The molecule has 0 radical (unpaired) electrons. The van der Waals surface area contributed by atoms with Crippen LogP contribution in [0, 0.1) is 0 Å². The fraction of sp³-hybridized carbons (Fsp3) is 0.875. The maximum atomic E-state index is 10.1. The van der Waals surface area contributed by atoms with Crippen LogP contribution in [0.5, 0.6) is 0 Å². The Hall–Kier alpha value is -1.14. The van der Waals surface area contributed by atoms with Crippen molar-refractivity contribution >= 4 is 11.9 Å². The second kappa shape index (κ2) is 13.5. The number of unbranched alkanes of at least 4 members (excludes halogenated alkanes) is 5. The number of rotatable bonds is 9. The number of aliphatic hydroxyl groups excluding tert-OH is 2. The van der Waals surface area contributed by atoms with Crippen LogP contribution in [0.3, 0.4) is 0 Å². The van der Waals surface area contributed by atoms with Crippen molar-refractivity contribution in [2.45, 2.75) is 89.3 Å². The van der Waals surface area contributed by atoms with E-state index in [4.69, 9.17) is 20.4 Å². The Labute approximate surface area is 132 Å². The summed E-state index contributed by atoms with van der Waals surface area (Å²) in [6.07, 6.45) is 8.66. The highest BCUT2D eigenvalue weighted by Gasteiger charge is 2.15. The minimum atomic E-state index is -0.740. The molecular weight excluding hydrogens is 288 g/mol. The highest BCUT2D eigenvalue weighted by molar-refractivity contribution is 5.66. The Kier molecular flexibility index (Phi) is 12.8. The average molecular weight is 318 g/mol. The Balaban J connectivity index is 0.000000461. The summed E-state index contributed by atoms with van der Waals surface area (Å²) in [7, 11) is 0. The van der Waals surface area contributed by atoms with Crippen LogP contribution in [-0.2, 0) is 9.59 Å². The molecule has 0 saturated heterocycles. The zero-order valence-electron chi connectivity index (χ0n) is 13.2. The summed E-state index contributed by atoms with van der Waals surface area (Å²) in [5, 5.41) is 34.5. The van der Waals surface area contributed by atoms with E-state index < -0.39 is 11.9 Å². The van der Waals surface area contributed by atoms with Gasteiger partial charge in [-0.3, -0.25) is 9.59 Å². The first-order chi connectivity index (χ1) is 10.4. The van der Waals surface area contributed by atoms with E-state index in [2.05, 4.69) is 0 Å². The molecule has 0 atom stereocenters. The molecule has 1 aliphatic carbocycles. The van der Waals surface area contributed by atoms with E-state index in [1.807, 2.05) is 0 Å². The molecule has 22 heavy (non-hydrogen) atoms. The van der Waals surface area contributed by atoms with Crippen LogP contribution >= 0.6 is 0 Å². The molecule has 1 aliphatic rings. The molecule has 0 bridgehead atoms. The summed E-state index contributed by atoms with van der Waals surface area (Å²) in [6.45, 7) is 0. The summed E-state index contributed by atoms with van der Waals surface area (Å²) < 4.78 is 0. The molecule has 0 aromatic rings. The van der Waals surface area contributed by atoms with E-state index in [1.54, 1.807) is 0 Å².